The van der Waals surface area contributed by atoms with Crippen LogP contribution in [0.1, 0.15) is 82.8 Å². The minimum Gasteiger partial charge on any atom is -0.477 e. The van der Waals surface area contributed by atoms with Gasteiger partial charge in [0.1, 0.15) is 22.8 Å². The van der Waals surface area contributed by atoms with Crippen LogP contribution < -0.4 is 5.73 Å². The largest absolute Gasteiger partial charge is 0.477 e. The van der Waals surface area contributed by atoms with Gasteiger partial charge in [-0.2, -0.15) is 15.8 Å². The van der Waals surface area contributed by atoms with Crippen LogP contribution in [0.3, 0.4) is 0 Å². The molecule has 17 heteroatoms. The first-order valence-corrected chi connectivity index (χ1v) is 18.9. The van der Waals surface area contributed by atoms with Crippen LogP contribution in [0.4, 0.5) is 0 Å². The van der Waals surface area contributed by atoms with E-state index >= 15 is 0 Å². The maximum Gasteiger partial charge on any atom is 0.352 e. The van der Waals surface area contributed by atoms with E-state index in [0.29, 0.717) is 40.7 Å². The van der Waals surface area contributed by atoms with Gasteiger partial charge >= 0.3 is 23.9 Å². The fourth-order valence-corrected chi connectivity index (χ4v) is 7.03. The molecule has 0 fully saturated rings. The van der Waals surface area contributed by atoms with E-state index in [4.69, 9.17) is 41.9 Å². The molecule has 4 aromatic carbocycles. The molecule has 0 aliphatic carbocycles. The number of nitrogens with zero attached hydrogens (tertiary/aromatic N) is 7. The fourth-order valence-electron chi connectivity index (χ4n) is 7.03. The van der Waals surface area contributed by atoms with Gasteiger partial charge in [-0.15, -0.1) is 0 Å². The van der Waals surface area contributed by atoms with Gasteiger partial charge in [0, 0.05) is 76.4 Å². The van der Waals surface area contributed by atoms with Crippen molar-refractivity contribution in [1.82, 2.24) is 18.3 Å². The molecule has 316 valence electrons. The Kier molecular flexibility index (Phi) is 13.4. The van der Waals surface area contributed by atoms with Gasteiger partial charge in [0.2, 0.25) is 5.91 Å². The average molecular weight is 847 g/mol. The number of rotatable bonds is 7. The summed E-state index contributed by atoms with van der Waals surface area (Å²) in [5, 5.41) is 65.3. The second-order valence-corrected chi connectivity index (χ2v) is 13.7. The van der Waals surface area contributed by atoms with Gasteiger partial charge in [-0.25, -0.2) is 19.2 Å². The van der Waals surface area contributed by atoms with E-state index in [1.165, 1.54) is 6.07 Å². The van der Waals surface area contributed by atoms with Crippen LogP contribution in [0.5, 0.6) is 0 Å². The molecule has 0 aliphatic rings. The maximum absolute atomic E-state index is 11.0. The normalized spacial score (nSPS) is 10.3. The summed E-state index contributed by atoms with van der Waals surface area (Å²) in [7, 11) is 3.35. The molecular weight excluding hydrogens is 809 g/mol. The molecule has 8 aromatic rings. The first-order valence-electron chi connectivity index (χ1n) is 18.9. The van der Waals surface area contributed by atoms with Crippen molar-refractivity contribution in [3.8, 4) is 18.2 Å². The molecule has 4 aromatic heterocycles. The van der Waals surface area contributed by atoms with Crippen LogP contribution in [-0.2, 0) is 27.2 Å². The smallest absolute Gasteiger partial charge is 0.352 e. The van der Waals surface area contributed by atoms with E-state index in [-0.39, 0.29) is 22.8 Å². The Labute approximate surface area is 358 Å². The van der Waals surface area contributed by atoms with E-state index in [1.807, 2.05) is 32.1 Å². The number of aryl methyl sites for hydroxylation is 4. The third-order valence-corrected chi connectivity index (χ3v) is 10.1. The molecule has 0 radical (unpaired) electrons. The molecule has 63 heavy (non-hydrogen) atoms. The minimum atomic E-state index is -1.00. The predicted octanol–water partition coefficient (Wildman–Crippen LogP) is 7.19. The summed E-state index contributed by atoms with van der Waals surface area (Å²) in [6, 6.07) is 32.7. The third kappa shape index (κ3) is 9.36. The molecule has 0 aliphatic heterocycles. The molecule has 0 spiro atoms. The summed E-state index contributed by atoms with van der Waals surface area (Å²) in [5.74, 6) is -4.39. The third-order valence-electron chi connectivity index (χ3n) is 10.1. The Morgan fingerprint density at radius 1 is 0.476 bits per heavy atom. The number of fused-ring (bicyclic) bond motifs is 4. The highest BCUT2D eigenvalue weighted by Gasteiger charge is 2.16. The van der Waals surface area contributed by atoms with Crippen molar-refractivity contribution in [2.24, 2.45) is 19.8 Å². The van der Waals surface area contributed by atoms with Gasteiger partial charge in [0.25, 0.3) is 0 Å². The van der Waals surface area contributed by atoms with Gasteiger partial charge in [-0.05, 0) is 105 Å². The van der Waals surface area contributed by atoms with Gasteiger partial charge in [0.05, 0.1) is 34.9 Å². The topological polar surface area (TPSA) is 283 Å². The van der Waals surface area contributed by atoms with Gasteiger partial charge in [-0.1, -0.05) is 6.07 Å². The lowest BCUT2D eigenvalue weighted by atomic mass is 10.1. The lowest BCUT2D eigenvalue weighted by Gasteiger charge is -2.03. The quantitative estimate of drug-likeness (QED) is 0.107. The fraction of sp³-hybridized carbons (Fsp3) is 0.130. The molecule has 0 saturated carbocycles. The maximum atomic E-state index is 11.0. The van der Waals surface area contributed by atoms with Crippen molar-refractivity contribution in [1.29, 1.82) is 15.8 Å². The summed E-state index contributed by atoms with van der Waals surface area (Å²) in [6.07, 6.45) is 0. The van der Waals surface area contributed by atoms with E-state index in [0.717, 1.165) is 38.2 Å². The Morgan fingerprint density at radius 2 is 0.841 bits per heavy atom. The number of carbonyl (C=O) groups excluding carboxylic acids is 1. The summed E-state index contributed by atoms with van der Waals surface area (Å²) in [6.45, 7) is 4.94. The van der Waals surface area contributed by atoms with Gasteiger partial charge in [0.15, 0.2) is 0 Å². The van der Waals surface area contributed by atoms with Crippen molar-refractivity contribution >= 4 is 73.4 Å². The number of amides is 1. The van der Waals surface area contributed by atoms with Crippen LogP contribution in [-0.4, -0.2) is 68.5 Å². The van der Waals surface area contributed by atoms with Gasteiger partial charge in [-0.3, -0.25) is 4.79 Å². The van der Waals surface area contributed by atoms with Crippen molar-refractivity contribution in [2.45, 2.75) is 26.9 Å². The second kappa shape index (κ2) is 18.8. The minimum absolute atomic E-state index is 0.177. The zero-order chi connectivity index (χ0) is 46.3. The van der Waals surface area contributed by atoms with Crippen LogP contribution in [0.2, 0.25) is 0 Å². The van der Waals surface area contributed by atoms with Crippen LogP contribution >= 0.6 is 0 Å². The summed E-state index contributed by atoms with van der Waals surface area (Å²) < 4.78 is 6.57. The highest BCUT2D eigenvalue weighted by molar-refractivity contribution is 6.00. The Balaban J connectivity index is 0.000000158. The Hall–Kier alpha value is -9.14. The van der Waals surface area contributed by atoms with Crippen molar-refractivity contribution < 1.29 is 44.4 Å². The van der Waals surface area contributed by atoms with E-state index < -0.39 is 29.8 Å². The lowest BCUT2D eigenvalue weighted by molar-refractivity contribution is 0.0675. The lowest BCUT2D eigenvalue weighted by Crippen LogP contribution is -2.10. The first kappa shape index (κ1) is 45.0. The second-order valence-electron chi connectivity index (χ2n) is 13.7. The zero-order valence-electron chi connectivity index (χ0n) is 34.2. The zero-order valence-corrected chi connectivity index (χ0v) is 34.2. The highest BCUT2D eigenvalue weighted by Crippen LogP contribution is 2.24. The van der Waals surface area contributed by atoms with E-state index in [2.05, 4.69) is 0 Å². The molecule has 0 atom stereocenters. The molecule has 1 amide bonds. The Bertz CT molecular complexity index is 3260. The number of aromatic nitrogens is 4. The van der Waals surface area contributed by atoms with Crippen molar-refractivity contribution in [2.75, 3.05) is 0 Å². The van der Waals surface area contributed by atoms with Crippen molar-refractivity contribution in [3.05, 3.63) is 142 Å². The number of carboxylic acid groups (broad SMARTS) is 4. The summed E-state index contributed by atoms with van der Waals surface area (Å²) >= 11 is 0. The standard InChI is InChI=1S/2C12H10N2O2.C11H10N2O3.C11H8N2O2/c1-2-14-10-4-3-8(7-13)5-9(10)6-11(14)12(15)16;1-2-14-10-5-8(7-13)3-4-9(10)6-11(14)12(15)16;1-13-8-3-2-6(10(12)14)4-7(8)5-9(13)11(15)16;1-13-9-3-2-7(6-12)4-8(9)5-10(13)11(14)15/h2*3-6H,2H2,1H3,(H,15,16);2-5H,1H3,(H2,12,14)(H,15,16);2-5H,1H3,(H,14,15). The van der Waals surface area contributed by atoms with Crippen LogP contribution in [0.25, 0.3) is 43.6 Å². The SMILES string of the molecule is CCn1c(C(=O)O)cc2cc(C#N)ccc21.CCn1c(C(=O)O)cc2ccc(C#N)cc21.Cn1c(C(=O)O)cc2cc(C#N)ccc21.Cn1c(C(=O)O)cc2cc(C(N)=O)ccc21. The molecule has 0 unspecified atom stereocenters. The number of nitrogens with two attached hydrogens (primary N) is 1. The number of primary amides is 1. The monoisotopic (exact) mass is 846 g/mol. The number of nitriles is 3. The number of aromatic carboxylic acids is 4. The number of carboxylic acids is 4. The first-order chi connectivity index (χ1) is 30.0. The average Bonchev–Trinajstić information content (AvgIpc) is 4.03. The molecule has 0 saturated heterocycles. The molecule has 6 N–H and O–H groups in total. The van der Waals surface area contributed by atoms with Gasteiger partial charge < -0.3 is 44.4 Å². The van der Waals surface area contributed by atoms with Crippen LogP contribution in [0.15, 0.2) is 97.1 Å². The molecule has 8 rings (SSSR count). The van der Waals surface area contributed by atoms with E-state index in [1.54, 1.807) is 123 Å². The van der Waals surface area contributed by atoms with Crippen LogP contribution in [0, 0.1) is 34.0 Å². The number of benzene rings is 4. The highest BCUT2D eigenvalue weighted by atomic mass is 16.4. The number of hydrogen-bond acceptors (Lipinski definition) is 8. The summed E-state index contributed by atoms with van der Waals surface area (Å²) in [4.78, 5) is 54.8. The van der Waals surface area contributed by atoms with E-state index in [9.17, 15) is 24.0 Å². The van der Waals surface area contributed by atoms with Crippen molar-refractivity contribution in [3.63, 3.8) is 0 Å². The Morgan fingerprint density at radius 3 is 1.29 bits per heavy atom. The molecule has 17 nitrogen and oxygen atoms in total. The molecule has 0 bridgehead atoms. The molecular formula is C46H38N8O9. The summed E-state index contributed by atoms with van der Waals surface area (Å²) in [5.41, 5.74) is 11.2. The number of hydrogen-bond donors (Lipinski definition) is 5. The number of carbonyl (C=O) groups is 5. The molecule has 4 heterocycles. The predicted molar refractivity (Wildman–Crippen MR) is 232 cm³/mol.